The molecule has 0 fully saturated rings. The van der Waals surface area contributed by atoms with Crippen molar-refractivity contribution >= 4 is 33.0 Å². The Bertz CT molecular complexity index is 1310. The maximum atomic E-state index is 12.7. The van der Waals surface area contributed by atoms with E-state index < -0.39 is 10.0 Å². The average molecular weight is 463 g/mol. The van der Waals surface area contributed by atoms with Crippen LogP contribution < -0.4 is 10.0 Å². The van der Waals surface area contributed by atoms with Gasteiger partial charge in [-0.15, -0.1) is 11.3 Å². The fourth-order valence-corrected chi connectivity index (χ4v) is 5.46. The Kier molecular flexibility index (Phi) is 6.50. The first kappa shape index (κ1) is 22.0. The smallest absolute Gasteiger partial charge is 0.255 e. The van der Waals surface area contributed by atoms with E-state index in [1.54, 1.807) is 30.3 Å². The SMILES string of the molecule is Cc1ccc(NC(=O)c2ccc(CNS(=O)(=O)c3ccc(-c4ccccc4)s3)cc2)cc1. The molecule has 0 bridgehead atoms. The first-order valence-corrected chi connectivity index (χ1v) is 12.3. The molecule has 5 nitrogen and oxygen atoms in total. The number of aryl methyl sites for hydroxylation is 1. The first-order valence-electron chi connectivity index (χ1n) is 10.0. The van der Waals surface area contributed by atoms with Gasteiger partial charge in [0.25, 0.3) is 5.91 Å². The van der Waals surface area contributed by atoms with E-state index in [0.29, 0.717) is 5.56 Å². The number of anilines is 1. The zero-order valence-corrected chi connectivity index (χ0v) is 19.0. The van der Waals surface area contributed by atoms with Crippen molar-refractivity contribution in [2.45, 2.75) is 17.7 Å². The van der Waals surface area contributed by atoms with Gasteiger partial charge in [-0.3, -0.25) is 4.79 Å². The Morgan fingerprint density at radius 2 is 1.53 bits per heavy atom. The summed E-state index contributed by atoms with van der Waals surface area (Å²) >= 11 is 1.23. The van der Waals surface area contributed by atoms with Gasteiger partial charge in [0.15, 0.2) is 0 Å². The molecule has 0 spiro atoms. The number of hydrogen-bond acceptors (Lipinski definition) is 4. The van der Waals surface area contributed by atoms with Crippen LogP contribution in [0.1, 0.15) is 21.5 Å². The highest BCUT2D eigenvalue weighted by Gasteiger charge is 2.17. The van der Waals surface area contributed by atoms with Crippen LogP contribution in [0.2, 0.25) is 0 Å². The van der Waals surface area contributed by atoms with Gasteiger partial charge in [-0.05, 0) is 54.4 Å². The van der Waals surface area contributed by atoms with E-state index in [1.807, 2.05) is 67.6 Å². The topological polar surface area (TPSA) is 75.3 Å². The molecule has 0 aliphatic carbocycles. The van der Waals surface area contributed by atoms with E-state index in [2.05, 4.69) is 10.0 Å². The lowest BCUT2D eigenvalue weighted by atomic mass is 10.1. The number of carbonyl (C=O) groups excluding carboxylic acids is 1. The molecule has 7 heteroatoms. The molecule has 1 amide bonds. The normalized spacial score (nSPS) is 11.3. The number of benzene rings is 3. The summed E-state index contributed by atoms with van der Waals surface area (Å²) < 4.78 is 28.3. The monoisotopic (exact) mass is 462 g/mol. The molecule has 32 heavy (non-hydrogen) atoms. The van der Waals surface area contributed by atoms with E-state index in [9.17, 15) is 13.2 Å². The number of carbonyl (C=O) groups is 1. The van der Waals surface area contributed by atoms with Gasteiger partial charge in [-0.2, -0.15) is 0 Å². The molecule has 0 aliphatic rings. The summed E-state index contributed by atoms with van der Waals surface area (Å²) in [5.74, 6) is -0.215. The van der Waals surface area contributed by atoms with E-state index in [-0.39, 0.29) is 16.7 Å². The molecule has 4 aromatic rings. The fourth-order valence-electron chi connectivity index (χ4n) is 3.09. The standard InChI is InChI=1S/C25H22N2O3S2/c1-18-7-13-22(14-8-18)27-25(28)21-11-9-19(10-12-21)17-26-32(29,30)24-16-15-23(31-24)20-5-3-2-4-6-20/h2-16,26H,17H2,1H3,(H,27,28). The number of hydrogen-bond donors (Lipinski definition) is 2. The summed E-state index contributed by atoms with van der Waals surface area (Å²) in [4.78, 5) is 13.3. The molecule has 4 rings (SSSR count). The molecule has 2 N–H and O–H groups in total. The van der Waals surface area contributed by atoms with Crippen LogP contribution in [-0.2, 0) is 16.6 Å². The van der Waals surface area contributed by atoms with Crippen molar-refractivity contribution in [1.82, 2.24) is 4.72 Å². The highest BCUT2D eigenvalue weighted by molar-refractivity contribution is 7.91. The fraction of sp³-hybridized carbons (Fsp3) is 0.0800. The Morgan fingerprint density at radius 3 is 2.22 bits per heavy atom. The van der Waals surface area contributed by atoms with Gasteiger partial charge in [0.2, 0.25) is 10.0 Å². The van der Waals surface area contributed by atoms with Gasteiger partial charge >= 0.3 is 0 Å². The van der Waals surface area contributed by atoms with Gasteiger partial charge < -0.3 is 5.32 Å². The minimum atomic E-state index is -3.63. The quantitative estimate of drug-likeness (QED) is 0.383. The van der Waals surface area contributed by atoms with Gasteiger partial charge in [0.1, 0.15) is 4.21 Å². The van der Waals surface area contributed by atoms with Crippen LogP contribution in [0.4, 0.5) is 5.69 Å². The molecule has 3 aromatic carbocycles. The lowest BCUT2D eigenvalue weighted by Crippen LogP contribution is -2.22. The maximum absolute atomic E-state index is 12.7. The van der Waals surface area contributed by atoms with Crippen molar-refractivity contribution in [3.05, 3.63) is 108 Å². The summed E-state index contributed by atoms with van der Waals surface area (Å²) in [6, 6.07) is 27.5. The highest BCUT2D eigenvalue weighted by Crippen LogP contribution is 2.30. The van der Waals surface area contributed by atoms with Crippen molar-refractivity contribution in [1.29, 1.82) is 0 Å². The molecule has 0 radical (unpaired) electrons. The first-order chi connectivity index (χ1) is 15.4. The summed E-state index contributed by atoms with van der Waals surface area (Å²) in [5.41, 5.74) is 4.10. The van der Waals surface area contributed by atoms with Crippen LogP contribution in [0.5, 0.6) is 0 Å². The second-order valence-corrected chi connectivity index (χ2v) is 10.4. The highest BCUT2D eigenvalue weighted by atomic mass is 32.2. The second kappa shape index (κ2) is 9.48. The molecule has 0 saturated carbocycles. The van der Waals surface area contributed by atoms with Crippen molar-refractivity contribution in [3.63, 3.8) is 0 Å². The lowest BCUT2D eigenvalue weighted by molar-refractivity contribution is 0.102. The lowest BCUT2D eigenvalue weighted by Gasteiger charge is -2.08. The molecule has 1 heterocycles. The number of thiophene rings is 1. The minimum absolute atomic E-state index is 0.140. The Morgan fingerprint density at radius 1 is 0.844 bits per heavy atom. The molecule has 0 atom stereocenters. The van der Waals surface area contributed by atoms with Gasteiger partial charge in [-0.1, -0.05) is 60.2 Å². The van der Waals surface area contributed by atoms with Crippen molar-refractivity contribution in [3.8, 4) is 10.4 Å². The predicted molar refractivity (Wildman–Crippen MR) is 129 cm³/mol. The van der Waals surface area contributed by atoms with Gasteiger partial charge in [0.05, 0.1) is 0 Å². The minimum Gasteiger partial charge on any atom is -0.322 e. The van der Waals surface area contributed by atoms with Gasteiger partial charge in [-0.25, -0.2) is 13.1 Å². The average Bonchev–Trinajstić information content (AvgIpc) is 3.32. The Labute approximate surface area is 191 Å². The van der Waals surface area contributed by atoms with Crippen LogP contribution in [-0.4, -0.2) is 14.3 Å². The van der Waals surface area contributed by atoms with Crippen LogP contribution in [0, 0.1) is 6.92 Å². The molecular formula is C25H22N2O3S2. The summed E-state index contributed by atoms with van der Waals surface area (Å²) in [6.07, 6.45) is 0. The van der Waals surface area contributed by atoms with Crippen molar-refractivity contribution in [2.75, 3.05) is 5.32 Å². The predicted octanol–water partition coefficient (Wildman–Crippen LogP) is 5.45. The third-order valence-corrected chi connectivity index (χ3v) is 7.92. The zero-order chi connectivity index (χ0) is 22.6. The summed E-state index contributed by atoms with van der Waals surface area (Å²) in [6.45, 7) is 2.12. The number of amides is 1. The third-order valence-electron chi connectivity index (χ3n) is 4.90. The number of sulfonamides is 1. The van der Waals surface area contributed by atoms with E-state index in [4.69, 9.17) is 0 Å². The third kappa shape index (κ3) is 5.31. The molecule has 0 saturated heterocycles. The molecule has 162 valence electrons. The number of rotatable bonds is 7. The van der Waals surface area contributed by atoms with Crippen LogP contribution >= 0.6 is 11.3 Å². The van der Waals surface area contributed by atoms with Crippen LogP contribution in [0.25, 0.3) is 10.4 Å². The molecular weight excluding hydrogens is 440 g/mol. The molecule has 0 unspecified atom stereocenters. The van der Waals surface area contributed by atoms with E-state index in [0.717, 1.165) is 27.3 Å². The molecule has 0 aliphatic heterocycles. The van der Waals surface area contributed by atoms with E-state index in [1.165, 1.54) is 11.3 Å². The zero-order valence-electron chi connectivity index (χ0n) is 17.4. The summed E-state index contributed by atoms with van der Waals surface area (Å²) in [5, 5.41) is 2.85. The van der Waals surface area contributed by atoms with Crippen LogP contribution in [0.15, 0.2) is 95.2 Å². The Balaban J connectivity index is 1.38. The van der Waals surface area contributed by atoms with Crippen LogP contribution in [0.3, 0.4) is 0 Å². The van der Waals surface area contributed by atoms with Crippen molar-refractivity contribution < 1.29 is 13.2 Å². The van der Waals surface area contributed by atoms with Crippen molar-refractivity contribution in [2.24, 2.45) is 0 Å². The molecule has 1 aromatic heterocycles. The largest absolute Gasteiger partial charge is 0.322 e. The summed E-state index contributed by atoms with van der Waals surface area (Å²) in [7, 11) is -3.63. The maximum Gasteiger partial charge on any atom is 0.255 e. The number of nitrogens with one attached hydrogen (secondary N) is 2. The van der Waals surface area contributed by atoms with E-state index >= 15 is 0 Å². The second-order valence-electron chi connectivity index (χ2n) is 7.33. The Hall–Kier alpha value is -3.26. The van der Waals surface area contributed by atoms with Gasteiger partial charge in [0, 0.05) is 22.7 Å².